The summed E-state index contributed by atoms with van der Waals surface area (Å²) in [7, 11) is -12.4. The van der Waals surface area contributed by atoms with Gasteiger partial charge in [0.25, 0.3) is 30.1 Å². The number of benzene rings is 6. The Morgan fingerprint density at radius 2 is 0.557 bits per heavy atom. The molecule has 0 unspecified atom stereocenters. The van der Waals surface area contributed by atoms with Crippen LogP contribution in [0.1, 0.15) is 39.3 Å². The third-order valence-electron chi connectivity index (χ3n) is 9.18. The van der Waals surface area contributed by atoms with Crippen molar-refractivity contribution in [3.8, 4) is 0 Å². The summed E-state index contributed by atoms with van der Waals surface area (Å²) in [5.74, 6) is -0.501. The van der Waals surface area contributed by atoms with Crippen LogP contribution >= 0.6 is 0 Å². The number of sulfonamides is 3. The highest BCUT2D eigenvalue weighted by Gasteiger charge is 2.22. The van der Waals surface area contributed by atoms with E-state index in [4.69, 9.17) is 0 Å². The molecule has 0 aliphatic rings. The monoisotopic (exact) mass is 880 g/mol. The molecule has 0 aromatic heterocycles. The molecule has 6 aromatic rings. The van der Waals surface area contributed by atoms with Crippen molar-refractivity contribution in [2.75, 3.05) is 16.0 Å². The number of anilines is 3. The Labute approximate surface area is 353 Å². The number of carbonyl (C=O) groups is 3. The van der Waals surface area contributed by atoms with Crippen LogP contribution in [0.25, 0.3) is 0 Å². The van der Waals surface area contributed by atoms with Crippen LogP contribution in [0, 0.1) is 20.8 Å². The summed E-state index contributed by atoms with van der Waals surface area (Å²) in [5.41, 5.74) is 5.56. The summed E-state index contributed by atoms with van der Waals surface area (Å²) in [6, 6.07) is 35.0. The molecule has 15 nitrogen and oxygen atoms in total. The van der Waals surface area contributed by atoms with E-state index in [0.29, 0.717) is 16.7 Å². The lowest BCUT2D eigenvalue weighted by Gasteiger charge is -2.20. The van der Waals surface area contributed by atoms with E-state index in [-0.39, 0.29) is 31.7 Å². The van der Waals surface area contributed by atoms with Gasteiger partial charge in [-0.3, -0.25) is 0 Å². The highest BCUT2D eigenvalue weighted by Crippen LogP contribution is 2.34. The predicted molar refractivity (Wildman–Crippen MR) is 232 cm³/mol. The minimum Gasteiger partial charge on any atom is -0.307 e. The van der Waals surface area contributed by atoms with Crippen LogP contribution in [0.4, 0.5) is 31.4 Å². The van der Waals surface area contributed by atoms with Gasteiger partial charge in [0.05, 0.1) is 14.7 Å². The predicted octanol–water partition coefficient (Wildman–Crippen LogP) is 7.32. The Morgan fingerprint density at radius 3 is 0.770 bits per heavy atom. The van der Waals surface area contributed by atoms with E-state index in [1.807, 2.05) is 14.2 Å². The Balaban J connectivity index is 1.20. The number of rotatable bonds is 12. The Bertz CT molecular complexity index is 2570. The molecule has 61 heavy (non-hydrogen) atoms. The number of hydrogen-bond donors (Lipinski definition) is 6. The molecule has 0 saturated carbocycles. The Hall–Kier alpha value is -7.02. The molecular formula is C43H40N6O9S3. The maximum atomic E-state index is 12.7. The Kier molecular flexibility index (Phi) is 12.9. The molecule has 6 rings (SSSR count). The molecule has 0 bridgehead atoms. The summed E-state index contributed by atoms with van der Waals surface area (Å²) in [5, 5.41) is 7.58. The van der Waals surface area contributed by atoms with Crippen molar-refractivity contribution in [3.05, 3.63) is 179 Å². The number of carbonyl (C=O) groups excluding carboxylic acids is 3. The van der Waals surface area contributed by atoms with Gasteiger partial charge >= 0.3 is 18.1 Å². The number of urea groups is 3. The first kappa shape index (κ1) is 43.6. The third kappa shape index (κ3) is 11.4. The third-order valence-corrected chi connectivity index (χ3v) is 13.2. The molecule has 0 spiro atoms. The van der Waals surface area contributed by atoms with Crippen molar-refractivity contribution in [1.29, 1.82) is 0 Å². The van der Waals surface area contributed by atoms with Crippen LogP contribution in [0.3, 0.4) is 0 Å². The van der Waals surface area contributed by atoms with Crippen LogP contribution < -0.4 is 30.1 Å². The van der Waals surface area contributed by atoms with Crippen molar-refractivity contribution < 1.29 is 39.6 Å². The SMILES string of the molecule is Cc1ccc(S(=O)(=O)NC(=O)Nc2ccc(C(c3ccc(NC(=O)NS(=O)(=O)c4ccc(C)cc4)cc3)c3ccc(NC(=O)NS(=O)(=O)c4ccc(C)cc4)cc3)cc2)cc1. The Morgan fingerprint density at radius 1 is 0.344 bits per heavy atom. The van der Waals surface area contributed by atoms with E-state index >= 15 is 0 Å². The highest BCUT2D eigenvalue weighted by atomic mass is 32.2. The van der Waals surface area contributed by atoms with Gasteiger partial charge in [-0.25, -0.2) is 53.8 Å². The zero-order valence-corrected chi connectivity index (χ0v) is 35.3. The molecule has 6 amide bonds. The average molecular weight is 881 g/mol. The first-order valence-corrected chi connectivity index (χ1v) is 22.8. The maximum absolute atomic E-state index is 12.7. The van der Waals surface area contributed by atoms with Gasteiger partial charge in [0.2, 0.25) is 0 Å². The van der Waals surface area contributed by atoms with E-state index in [1.165, 1.54) is 36.4 Å². The average Bonchev–Trinajstić information content (AvgIpc) is 3.20. The van der Waals surface area contributed by atoms with Crippen LogP contribution in [0.5, 0.6) is 0 Å². The number of aryl methyl sites for hydroxylation is 3. The van der Waals surface area contributed by atoms with Gasteiger partial charge in [-0.2, -0.15) is 0 Å². The van der Waals surface area contributed by atoms with Crippen molar-refractivity contribution >= 4 is 65.2 Å². The fourth-order valence-corrected chi connectivity index (χ4v) is 8.74. The molecule has 0 aliphatic heterocycles. The summed E-state index contributed by atoms with van der Waals surface area (Å²) < 4.78 is 82.5. The molecule has 18 heteroatoms. The molecule has 6 N–H and O–H groups in total. The molecular weight excluding hydrogens is 841 g/mol. The van der Waals surface area contributed by atoms with Gasteiger partial charge in [-0.05, 0) is 110 Å². The first-order valence-electron chi connectivity index (χ1n) is 18.4. The van der Waals surface area contributed by atoms with Crippen molar-refractivity contribution in [2.45, 2.75) is 41.4 Å². The second-order valence-corrected chi connectivity index (χ2v) is 19.0. The molecule has 0 heterocycles. The van der Waals surface area contributed by atoms with Crippen LogP contribution in [-0.4, -0.2) is 43.3 Å². The van der Waals surface area contributed by atoms with Gasteiger partial charge in [0.1, 0.15) is 0 Å². The summed E-state index contributed by atoms with van der Waals surface area (Å²) in [6.45, 7) is 5.42. The lowest BCUT2D eigenvalue weighted by molar-refractivity contribution is 0.255. The van der Waals surface area contributed by atoms with Crippen LogP contribution in [-0.2, 0) is 30.1 Å². The fraction of sp³-hybridized carbons (Fsp3) is 0.0930. The maximum Gasteiger partial charge on any atom is 0.333 e. The van der Waals surface area contributed by atoms with Gasteiger partial charge in [0.15, 0.2) is 0 Å². The molecule has 314 valence electrons. The van der Waals surface area contributed by atoms with E-state index in [9.17, 15) is 39.6 Å². The van der Waals surface area contributed by atoms with E-state index in [1.54, 1.807) is 130 Å². The standard InChI is InChI=1S/C43H40N6O9S3/c1-28-4-22-37(23-5-28)59(53,54)47-41(50)44-34-16-10-31(11-17-34)40(32-12-18-35(19-13-32)45-42(51)48-60(55,56)38-24-6-29(2)7-25-38)33-14-20-36(21-15-33)46-43(52)49-61(57,58)39-26-8-30(3)9-27-39/h4-27,40H,1-3H3,(H2,44,47,50)(H2,45,48,51)(H2,46,49,52). The van der Waals surface area contributed by atoms with Gasteiger partial charge in [-0.15, -0.1) is 0 Å². The molecule has 0 saturated heterocycles. The number of hydrogen-bond acceptors (Lipinski definition) is 9. The fourth-order valence-electron chi connectivity index (χ4n) is 6.02. The normalized spacial score (nSPS) is 11.6. The largest absolute Gasteiger partial charge is 0.333 e. The van der Waals surface area contributed by atoms with Gasteiger partial charge in [0, 0.05) is 23.0 Å². The van der Waals surface area contributed by atoms with Crippen LogP contribution in [0.2, 0.25) is 0 Å². The molecule has 0 aliphatic carbocycles. The number of nitrogens with one attached hydrogen (secondary N) is 6. The van der Waals surface area contributed by atoms with Gasteiger partial charge in [-0.1, -0.05) is 89.5 Å². The van der Waals surface area contributed by atoms with Crippen molar-refractivity contribution in [3.63, 3.8) is 0 Å². The zero-order valence-electron chi connectivity index (χ0n) is 32.8. The smallest absolute Gasteiger partial charge is 0.307 e. The lowest BCUT2D eigenvalue weighted by Crippen LogP contribution is -2.34. The van der Waals surface area contributed by atoms with Crippen LogP contribution in [0.15, 0.2) is 160 Å². The minimum atomic E-state index is -4.14. The van der Waals surface area contributed by atoms with E-state index in [0.717, 1.165) is 16.7 Å². The topological polar surface area (TPSA) is 226 Å². The van der Waals surface area contributed by atoms with Gasteiger partial charge < -0.3 is 16.0 Å². The molecule has 0 atom stereocenters. The molecule has 0 radical (unpaired) electrons. The first-order chi connectivity index (χ1) is 28.9. The van der Waals surface area contributed by atoms with E-state index in [2.05, 4.69) is 16.0 Å². The summed E-state index contributed by atoms with van der Waals surface area (Å²) in [6.07, 6.45) is 0. The quantitative estimate of drug-likeness (QED) is 0.0676. The minimum absolute atomic E-state index is 0.0744. The lowest BCUT2D eigenvalue weighted by atomic mass is 9.85. The molecule has 0 fully saturated rings. The summed E-state index contributed by atoms with van der Waals surface area (Å²) in [4.78, 5) is 38.0. The highest BCUT2D eigenvalue weighted by molar-refractivity contribution is 7.90. The second kappa shape index (κ2) is 18.1. The zero-order chi connectivity index (χ0) is 44.0. The molecule has 6 aromatic carbocycles. The van der Waals surface area contributed by atoms with Crippen molar-refractivity contribution in [2.24, 2.45) is 0 Å². The summed E-state index contributed by atoms with van der Waals surface area (Å²) >= 11 is 0. The van der Waals surface area contributed by atoms with E-state index < -0.39 is 54.1 Å². The second-order valence-electron chi connectivity index (χ2n) is 13.9. The number of amides is 6. The van der Waals surface area contributed by atoms with Crippen molar-refractivity contribution in [1.82, 2.24) is 14.2 Å².